The van der Waals surface area contributed by atoms with E-state index in [0.29, 0.717) is 28.1 Å². The molecule has 1 aromatic carbocycles. The highest BCUT2D eigenvalue weighted by atomic mass is 35.5. The highest BCUT2D eigenvalue weighted by molar-refractivity contribution is 6.35. The van der Waals surface area contributed by atoms with Crippen molar-refractivity contribution >= 4 is 40.7 Å². The van der Waals surface area contributed by atoms with Gasteiger partial charge in [-0.25, -0.2) is 0 Å². The molecule has 0 bridgehead atoms. The topological polar surface area (TPSA) is 108 Å². The van der Waals surface area contributed by atoms with E-state index >= 15 is 0 Å². The standard InChI is InChI=1S/C18H18Cl2N6O3/c1-10-7-16(22-24(10)9-13-14(19)5-4-6-15(13)20)21-18(27)12(3)25-11(2)8-17(23-25)26(28)29/h4-8,12H,9H2,1-3H3,(H,21,22,27). The minimum Gasteiger partial charge on any atom is -0.358 e. The Balaban J connectivity index is 1.76. The van der Waals surface area contributed by atoms with E-state index in [1.165, 1.54) is 10.7 Å². The zero-order valence-corrected chi connectivity index (χ0v) is 17.4. The Bertz CT molecular complexity index is 1070. The third-order valence-corrected chi connectivity index (χ3v) is 5.15. The SMILES string of the molecule is Cc1cc(NC(=O)C(C)n2nc([N+](=O)[O-])cc2C)nn1Cc1c(Cl)cccc1Cl. The molecule has 2 heterocycles. The number of nitrogens with one attached hydrogen (secondary N) is 1. The van der Waals surface area contributed by atoms with Crippen LogP contribution in [0.3, 0.4) is 0 Å². The van der Waals surface area contributed by atoms with Crippen molar-refractivity contribution < 1.29 is 9.72 Å². The van der Waals surface area contributed by atoms with E-state index in [9.17, 15) is 14.9 Å². The summed E-state index contributed by atoms with van der Waals surface area (Å²) in [5, 5.41) is 22.9. The van der Waals surface area contributed by atoms with Gasteiger partial charge in [0.2, 0.25) is 0 Å². The molecule has 0 spiro atoms. The van der Waals surface area contributed by atoms with E-state index in [1.807, 2.05) is 6.92 Å². The third kappa shape index (κ3) is 4.41. The first-order valence-electron chi connectivity index (χ1n) is 8.66. The first-order valence-corrected chi connectivity index (χ1v) is 9.41. The molecule has 0 radical (unpaired) electrons. The van der Waals surface area contributed by atoms with Gasteiger partial charge in [-0.3, -0.25) is 9.48 Å². The van der Waals surface area contributed by atoms with Crippen molar-refractivity contribution in [3.8, 4) is 0 Å². The first-order chi connectivity index (χ1) is 13.7. The van der Waals surface area contributed by atoms with Crippen LogP contribution in [0.1, 0.15) is 29.9 Å². The summed E-state index contributed by atoms with van der Waals surface area (Å²) in [6.45, 7) is 5.44. The molecular formula is C18H18Cl2N6O3. The molecular weight excluding hydrogens is 419 g/mol. The minimum absolute atomic E-state index is 0.307. The van der Waals surface area contributed by atoms with Crippen molar-refractivity contribution in [3.63, 3.8) is 0 Å². The van der Waals surface area contributed by atoms with Crippen LogP contribution in [0, 0.1) is 24.0 Å². The van der Waals surface area contributed by atoms with Gasteiger partial charge in [-0.1, -0.05) is 29.3 Å². The summed E-state index contributed by atoms with van der Waals surface area (Å²) in [6.07, 6.45) is 0. The summed E-state index contributed by atoms with van der Waals surface area (Å²) in [7, 11) is 0. The smallest absolute Gasteiger partial charge is 0.358 e. The van der Waals surface area contributed by atoms with E-state index in [2.05, 4.69) is 15.5 Å². The number of aromatic nitrogens is 4. The summed E-state index contributed by atoms with van der Waals surface area (Å²) in [6, 6.07) is 7.53. The normalized spacial score (nSPS) is 12.0. The lowest BCUT2D eigenvalue weighted by molar-refractivity contribution is -0.389. The number of hydrogen-bond donors (Lipinski definition) is 1. The van der Waals surface area contributed by atoms with Crippen molar-refractivity contribution in [2.24, 2.45) is 0 Å². The summed E-state index contributed by atoms with van der Waals surface area (Å²) < 4.78 is 2.98. The summed E-state index contributed by atoms with van der Waals surface area (Å²) >= 11 is 12.4. The Morgan fingerprint density at radius 1 is 1.21 bits per heavy atom. The lowest BCUT2D eigenvalue weighted by Gasteiger charge is -2.10. The number of benzene rings is 1. The Labute approximate surface area is 176 Å². The molecule has 11 heteroatoms. The van der Waals surface area contributed by atoms with Crippen molar-refractivity contribution in [2.75, 3.05) is 5.32 Å². The molecule has 0 saturated heterocycles. The summed E-state index contributed by atoms with van der Waals surface area (Å²) in [4.78, 5) is 22.9. The van der Waals surface area contributed by atoms with Gasteiger partial charge in [-0.2, -0.15) is 9.78 Å². The predicted molar refractivity (Wildman–Crippen MR) is 109 cm³/mol. The fraction of sp³-hybridized carbons (Fsp3) is 0.278. The van der Waals surface area contributed by atoms with Crippen LogP contribution in [0.5, 0.6) is 0 Å². The van der Waals surface area contributed by atoms with Crippen LogP contribution in [0.25, 0.3) is 0 Å². The van der Waals surface area contributed by atoms with E-state index in [-0.39, 0.29) is 5.82 Å². The number of halogens is 2. The van der Waals surface area contributed by atoms with Crippen LogP contribution >= 0.6 is 23.2 Å². The van der Waals surface area contributed by atoms with Crippen LogP contribution in [0.15, 0.2) is 30.3 Å². The van der Waals surface area contributed by atoms with Crippen LogP contribution in [-0.4, -0.2) is 30.4 Å². The molecule has 2 aromatic heterocycles. The number of hydrogen-bond acceptors (Lipinski definition) is 5. The van der Waals surface area contributed by atoms with Gasteiger partial charge in [-0.15, -0.1) is 0 Å². The fourth-order valence-electron chi connectivity index (χ4n) is 2.86. The number of nitro groups is 1. The molecule has 0 saturated carbocycles. The fourth-order valence-corrected chi connectivity index (χ4v) is 3.38. The second-order valence-electron chi connectivity index (χ2n) is 6.54. The van der Waals surface area contributed by atoms with Gasteiger partial charge in [0.15, 0.2) is 5.82 Å². The average molecular weight is 437 g/mol. The van der Waals surface area contributed by atoms with Crippen LogP contribution in [0.4, 0.5) is 11.6 Å². The van der Waals surface area contributed by atoms with Gasteiger partial charge in [0.05, 0.1) is 23.4 Å². The van der Waals surface area contributed by atoms with E-state index in [1.54, 1.807) is 42.8 Å². The maximum absolute atomic E-state index is 12.6. The average Bonchev–Trinajstić information content (AvgIpc) is 3.20. The molecule has 0 aliphatic rings. The zero-order valence-electron chi connectivity index (χ0n) is 15.9. The molecule has 1 atom stereocenters. The van der Waals surface area contributed by atoms with Crippen molar-refractivity contribution in [1.82, 2.24) is 19.6 Å². The second-order valence-corrected chi connectivity index (χ2v) is 7.35. The largest absolute Gasteiger partial charge is 0.390 e. The number of anilines is 1. The molecule has 1 unspecified atom stereocenters. The second kappa shape index (κ2) is 8.22. The monoisotopic (exact) mass is 436 g/mol. The van der Waals surface area contributed by atoms with E-state index in [4.69, 9.17) is 23.2 Å². The van der Waals surface area contributed by atoms with Gasteiger partial charge in [0, 0.05) is 27.4 Å². The zero-order chi connectivity index (χ0) is 21.3. The van der Waals surface area contributed by atoms with Crippen LogP contribution in [-0.2, 0) is 11.3 Å². The molecule has 9 nitrogen and oxygen atoms in total. The maximum atomic E-state index is 12.6. The number of aryl methyl sites for hydroxylation is 2. The molecule has 1 N–H and O–H groups in total. The van der Waals surface area contributed by atoms with Crippen molar-refractivity contribution in [2.45, 2.75) is 33.4 Å². The molecule has 0 aliphatic carbocycles. The van der Waals surface area contributed by atoms with Crippen molar-refractivity contribution in [3.05, 3.63) is 67.4 Å². The lowest BCUT2D eigenvalue weighted by Crippen LogP contribution is -2.25. The number of carbonyl (C=O) groups is 1. The van der Waals surface area contributed by atoms with Crippen LogP contribution in [0.2, 0.25) is 10.0 Å². The molecule has 3 rings (SSSR count). The molecule has 0 aliphatic heterocycles. The molecule has 3 aromatic rings. The van der Waals surface area contributed by atoms with Gasteiger partial charge < -0.3 is 15.4 Å². The number of carbonyl (C=O) groups excluding carboxylic acids is 1. The number of amides is 1. The first kappa shape index (κ1) is 20.8. The van der Waals surface area contributed by atoms with E-state index in [0.717, 1.165) is 11.3 Å². The Morgan fingerprint density at radius 3 is 2.45 bits per heavy atom. The van der Waals surface area contributed by atoms with E-state index < -0.39 is 16.9 Å². The Hall–Kier alpha value is -2.91. The summed E-state index contributed by atoms with van der Waals surface area (Å²) in [5.74, 6) is -0.354. The highest BCUT2D eigenvalue weighted by Crippen LogP contribution is 2.26. The highest BCUT2D eigenvalue weighted by Gasteiger charge is 2.25. The molecule has 1 amide bonds. The van der Waals surface area contributed by atoms with Gasteiger partial charge >= 0.3 is 5.82 Å². The molecule has 152 valence electrons. The van der Waals surface area contributed by atoms with Crippen LogP contribution < -0.4 is 5.32 Å². The Kier molecular flexibility index (Phi) is 5.90. The summed E-state index contributed by atoms with van der Waals surface area (Å²) in [5.41, 5.74) is 2.04. The molecule has 29 heavy (non-hydrogen) atoms. The lowest BCUT2D eigenvalue weighted by atomic mass is 10.2. The Morgan fingerprint density at radius 2 is 1.86 bits per heavy atom. The quantitative estimate of drug-likeness (QED) is 0.460. The van der Waals surface area contributed by atoms with Gasteiger partial charge in [0.25, 0.3) is 5.91 Å². The van der Waals surface area contributed by atoms with Gasteiger partial charge in [-0.05, 0) is 37.8 Å². The third-order valence-electron chi connectivity index (χ3n) is 4.44. The predicted octanol–water partition coefficient (Wildman–Crippen LogP) is 4.16. The van der Waals surface area contributed by atoms with Gasteiger partial charge in [0.1, 0.15) is 6.04 Å². The number of rotatable bonds is 6. The minimum atomic E-state index is -0.757. The maximum Gasteiger partial charge on any atom is 0.390 e. The van der Waals surface area contributed by atoms with Crippen molar-refractivity contribution in [1.29, 1.82) is 0 Å². The molecule has 0 fully saturated rings. The number of nitrogens with zero attached hydrogens (tertiary/aromatic N) is 5.